The third-order valence-corrected chi connectivity index (χ3v) is 3.80. The van der Waals surface area contributed by atoms with Crippen LogP contribution in [0.2, 0.25) is 0 Å². The lowest BCUT2D eigenvalue weighted by atomic mass is 10.2. The van der Waals surface area contributed by atoms with Crippen molar-refractivity contribution < 1.29 is 14.4 Å². The van der Waals surface area contributed by atoms with Crippen molar-refractivity contribution in [1.29, 1.82) is 0 Å². The topological polar surface area (TPSA) is 64.8 Å². The molecule has 112 valence electrons. The highest BCUT2D eigenvalue weighted by atomic mass is 127. The van der Waals surface area contributed by atoms with Gasteiger partial charge >= 0.3 is 0 Å². The zero-order chi connectivity index (χ0) is 15.1. The molecule has 0 saturated carbocycles. The van der Waals surface area contributed by atoms with Crippen LogP contribution in [0.15, 0.2) is 18.2 Å². The van der Waals surface area contributed by atoms with Crippen LogP contribution in [0.3, 0.4) is 0 Å². The first-order valence-corrected chi connectivity index (χ1v) is 7.27. The Hall–Kier alpha value is -0.930. The fourth-order valence-electron chi connectivity index (χ4n) is 1.95. The first-order chi connectivity index (χ1) is 9.51. The molecule has 0 aliphatic rings. The van der Waals surface area contributed by atoms with Gasteiger partial charge in [0, 0.05) is 38.6 Å². The number of halogens is 1. The largest absolute Gasteiger partial charge is 0.383 e. The molecule has 6 nitrogen and oxygen atoms in total. The Kier molecular flexibility index (Phi) is 7.17. The zero-order valence-electron chi connectivity index (χ0n) is 11.8. The van der Waals surface area contributed by atoms with E-state index in [4.69, 9.17) is 9.47 Å². The highest BCUT2D eigenvalue weighted by Gasteiger charge is 2.18. The number of nitrogens with zero attached hydrogens (tertiary/aromatic N) is 2. The number of rotatable bonds is 8. The minimum atomic E-state index is -0.371. The van der Waals surface area contributed by atoms with Gasteiger partial charge in [0.2, 0.25) is 0 Å². The second-order valence-corrected chi connectivity index (χ2v) is 5.55. The summed E-state index contributed by atoms with van der Waals surface area (Å²) in [5.74, 6) is 0. The second kappa shape index (κ2) is 8.38. The molecule has 0 aliphatic carbocycles. The molecule has 0 N–H and O–H groups in total. The molecular weight excluding hydrogens is 375 g/mol. The number of hydrogen-bond acceptors (Lipinski definition) is 5. The summed E-state index contributed by atoms with van der Waals surface area (Å²) in [6, 6.07) is 5.28. The highest BCUT2D eigenvalue weighted by Crippen LogP contribution is 2.27. The molecule has 1 rings (SSSR count). The van der Waals surface area contributed by atoms with Crippen molar-refractivity contribution in [2.45, 2.75) is 13.0 Å². The molecule has 0 aromatic heterocycles. The fourth-order valence-corrected chi connectivity index (χ4v) is 2.64. The Morgan fingerprint density at radius 2 is 2.10 bits per heavy atom. The van der Waals surface area contributed by atoms with Crippen LogP contribution in [0.1, 0.15) is 6.92 Å². The summed E-state index contributed by atoms with van der Waals surface area (Å²) in [7, 11) is 3.31. The van der Waals surface area contributed by atoms with Crippen LogP contribution in [0.25, 0.3) is 0 Å². The minimum Gasteiger partial charge on any atom is -0.383 e. The van der Waals surface area contributed by atoms with E-state index in [-0.39, 0.29) is 16.7 Å². The Balaban J connectivity index is 3.00. The van der Waals surface area contributed by atoms with Gasteiger partial charge in [-0.1, -0.05) is 0 Å². The number of benzene rings is 1. The van der Waals surface area contributed by atoms with Gasteiger partial charge in [-0.25, -0.2) is 0 Å². The van der Waals surface area contributed by atoms with Gasteiger partial charge in [0.05, 0.1) is 21.7 Å². The standard InChI is InChI=1S/C13H19IN2O4/c1-10(9-20-3)15(6-7-19-2)11-4-5-13(16(17)18)12(14)8-11/h4-5,8,10H,6-7,9H2,1-3H3. The predicted octanol–water partition coefficient (Wildman–Crippen LogP) is 2.69. The molecule has 1 unspecified atom stereocenters. The van der Waals surface area contributed by atoms with Gasteiger partial charge in [-0.15, -0.1) is 0 Å². The number of ether oxygens (including phenoxy) is 2. The lowest BCUT2D eigenvalue weighted by molar-refractivity contribution is -0.385. The Morgan fingerprint density at radius 3 is 2.60 bits per heavy atom. The molecule has 0 spiro atoms. The van der Waals surface area contributed by atoms with Crippen molar-refractivity contribution in [1.82, 2.24) is 0 Å². The lowest BCUT2D eigenvalue weighted by Crippen LogP contribution is -2.38. The minimum absolute atomic E-state index is 0.125. The Labute approximate surface area is 132 Å². The molecule has 0 radical (unpaired) electrons. The van der Waals surface area contributed by atoms with E-state index in [1.54, 1.807) is 20.3 Å². The molecule has 1 aromatic carbocycles. The fraction of sp³-hybridized carbons (Fsp3) is 0.538. The number of anilines is 1. The van der Waals surface area contributed by atoms with Crippen LogP contribution in [0, 0.1) is 13.7 Å². The third kappa shape index (κ3) is 4.57. The maximum absolute atomic E-state index is 10.9. The van der Waals surface area contributed by atoms with Crippen molar-refractivity contribution in [2.24, 2.45) is 0 Å². The summed E-state index contributed by atoms with van der Waals surface area (Å²) in [6.45, 7) is 3.92. The van der Waals surface area contributed by atoms with Gasteiger partial charge in [-0.2, -0.15) is 0 Å². The smallest absolute Gasteiger partial charge is 0.282 e. The second-order valence-electron chi connectivity index (χ2n) is 4.38. The van der Waals surface area contributed by atoms with E-state index in [1.165, 1.54) is 6.07 Å². The van der Waals surface area contributed by atoms with Crippen molar-refractivity contribution >= 4 is 34.0 Å². The average molecular weight is 394 g/mol. The Morgan fingerprint density at radius 1 is 1.40 bits per heavy atom. The molecule has 1 aromatic rings. The molecule has 0 heterocycles. The summed E-state index contributed by atoms with van der Waals surface area (Å²) >= 11 is 1.99. The average Bonchev–Trinajstić information content (AvgIpc) is 2.39. The molecule has 0 fully saturated rings. The van der Waals surface area contributed by atoms with E-state index in [0.717, 1.165) is 5.69 Å². The monoisotopic (exact) mass is 394 g/mol. The van der Waals surface area contributed by atoms with Crippen LogP contribution in [0.5, 0.6) is 0 Å². The van der Waals surface area contributed by atoms with Gasteiger partial charge in [0.1, 0.15) is 0 Å². The number of nitro benzene ring substituents is 1. The van der Waals surface area contributed by atoms with Gasteiger partial charge < -0.3 is 14.4 Å². The molecule has 0 amide bonds. The zero-order valence-corrected chi connectivity index (χ0v) is 14.0. The molecule has 1 atom stereocenters. The highest BCUT2D eigenvalue weighted by molar-refractivity contribution is 14.1. The molecule has 0 aliphatic heterocycles. The van der Waals surface area contributed by atoms with Gasteiger partial charge in [-0.05, 0) is 41.6 Å². The quantitative estimate of drug-likeness (QED) is 0.386. The first-order valence-electron chi connectivity index (χ1n) is 6.19. The molecule has 20 heavy (non-hydrogen) atoms. The van der Waals surface area contributed by atoms with Crippen molar-refractivity contribution in [2.75, 3.05) is 38.9 Å². The molecule has 7 heteroatoms. The normalized spacial score (nSPS) is 12.2. The van der Waals surface area contributed by atoms with Crippen LogP contribution in [0.4, 0.5) is 11.4 Å². The summed E-state index contributed by atoms with van der Waals surface area (Å²) in [6.07, 6.45) is 0. The van der Waals surface area contributed by atoms with Crippen LogP contribution in [-0.4, -0.2) is 44.9 Å². The number of hydrogen-bond donors (Lipinski definition) is 0. The SMILES string of the molecule is COCCN(c1ccc([N+](=O)[O-])c(I)c1)C(C)COC. The van der Waals surface area contributed by atoms with Gasteiger partial charge in [0.15, 0.2) is 0 Å². The first kappa shape index (κ1) is 17.1. The maximum atomic E-state index is 10.9. The predicted molar refractivity (Wildman–Crippen MR) is 86.4 cm³/mol. The van der Waals surface area contributed by atoms with Gasteiger partial charge in [-0.3, -0.25) is 10.1 Å². The van der Waals surface area contributed by atoms with E-state index < -0.39 is 0 Å². The summed E-state index contributed by atoms with van der Waals surface area (Å²) in [5, 5.41) is 10.9. The Bertz CT molecular complexity index is 456. The molecule has 0 saturated heterocycles. The summed E-state index contributed by atoms with van der Waals surface area (Å²) < 4.78 is 10.9. The van der Waals surface area contributed by atoms with E-state index >= 15 is 0 Å². The van der Waals surface area contributed by atoms with Crippen LogP contribution < -0.4 is 4.90 Å². The summed E-state index contributed by atoms with van der Waals surface area (Å²) in [5.41, 5.74) is 1.06. The van der Waals surface area contributed by atoms with Crippen LogP contribution in [-0.2, 0) is 9.47 Å². The van der Waals surface area contributed by atoms with E-state index in [2.05, 4.69) is 4.90 Å². The third-order valence-electron chi connectivity index (χ3n) is 2.94. The lowest BCUT2D eigenvalue weighted by Gasteiger charge is -2.30. The molecule has 0 bridgehead atoms. The number of methoxy groups -OCH3 is 2. The summed E-state index contributed by atoms with van der Waals surface area (Å²) in [4.78, 5) is 12.6. The van der Waals surface area contributed by atoms with E-state index in [1.807, 2.05) is 35.6 Å². The molecular formula is C13H19IN2O4. The van der Waals surface area contributed by atoms with Crippen LogP contribution >= 0.6 is 22.6 Å². The van der Waals surface area contributed by atoms with Crippen molar-refractivity contribution in [3.63, 3.8) is 0 Å². The van der Waals surface area contributed by atoms with E-state index in [9.17, 15) is 10.1 Å². The van der Waals surface area contributed by atoms with Crippen molar-refractivity contribution in [3.05, 3.63) is 31.9 Å². The maximum Gasteiger partial charge on any atom is 0.282 e. The van der Waals surface area contributed by atoms with Crippen molar-refractivity contribution in [3.8, 4) is 0 Å². The van der Waals surface area contributed by atoms with E-state index in [0.29, 0.717) is 23.3 Å². The number of nitro groups is 1. The van der Waals surface area contributed by atoms with Gasteiger partial charge in [0.25, 0.3) is 5.69 Å².